The second-order valence-corrected chi connectivity index (χ2v) is 9.70. The SMILES string of the molecule is CCCC(=O)NCCCNC(=O)OC1CC[C@]2(CO2)C([C@@]2(C)O[C@@H]2CC=C(C)C)C1OC. The number of carbonyl (C=O) groups excluding carboxylic acids is 2. The average molecular weight is 453 g/mol. The van der Waals surface area contributed by atoms with E-state index in [-0.39, 0.29) is 41.3 Å². The maximum Gasteiger partial charge on any atom is 0.407 e. The minimum absolute atomic E-state index is 0.0101. The van der Waals surface area contributed by atoms with Gasteiger partial charge in [0.05, 0.1) is 18.6 Å². The molecule has 0 aromatic carbocycles. The van der Waals surface area contributed by atoms with Crippen LogP contribution in [0.3, 0.4) is 0 Å². The molecule has 0 radical (unpaired) electrons. The molecule has 1 saturated carbocycles. The molecule has 6 atom stereocenters. The normalized spacial score (nSPS) is 35.2. The van der Waals surface area contributed by atoms with Gasteiger partial charge in [-0.1, -0.05) is 18.6 Å². The Kier molecular flexibility index (Phi) is 8.22. The lowest BCUT2D eigenvalue weighted by atomic mass is 9.68. The number of alkyl carbamates (subject to hydrolysis) is 1. The number of amides is 2. The smallest absolute Gasteiger partial charge is 0.407 e. The molecule has 2 saturated heterocycles. The van der Waals surface area contributed by atoms with Crippen molar-refractivity contribution in [1.29, 1.82) is 0 Å². The van der Waals surface area contributed by atoms with Gasteiger partial charge in [-0.25, -0.2) is 4.79 Å². The Labute approximate surface area is 191 Å². The van der Waals surface area contributed by atoms with Crippen molar-refractivity contribution in [2.24, 2.45) is 5.92 Å². The van der Waals surface area contributed by atoms with Gasteiger partial charge >= 0.3 is 6.09 Å². The standard InChI is InChI=1S/C24H40N2O6/c1-6-8-19(27)25-13-7-14-26-22(28)31-17-11-12-24(15-30-24)21(20(17)29-5)23(4)18(32-23)10-9-16(2)3/h9,17-18,20-21H,6-8,10-15H2,1-5H3,(H,25,27)(H,26,28)/t17?,18-,20?,21?,23+,24+/m1/s1. The number of methoxy groups -OCH3 is 1. The lowest BCUT2D eigenvalue weighted by Gasteiger charge is -2.42. The number of nitrogens with one attached hydrogen (secondary N) is 2. The van der Waals surface area contributed by atoms with Crippen molar-refractivity contribution in [3.05, 3.63) is 11.6 Å². The Morgan fingerprint density at radius 2 is 1.94 bits per heavy atom. The van der Waals surface area contributed by atoms with Crippen molar-refractivity contribution in [3.8, 4) is 0 Å². The van der Waals surface area contributed by atoms with Gasteiger partial charge in [0.15, 0.2) is 0 Å². The molecule has 2 N–H and O–H groups in total. The van der Waals surface area contributed by atoms with E-state index in [2.05, 4.69) is 37.5 Å². The lowest BCUT2D eigenvalue weighted by Crippen LogP contribution is -2.56. The third kappa shape index (κ3) is 5.83. The minimum atomic E-state index is -0.452. The van der Waals surface area contributed by atoms with Crippen molar-refractivity contribution in [2.75, 3.05) is 26.8 Å². The summed E-state index contributed by atoms with van der Waals surface area (Å²) in [7, 11) is 1.67. The van der Waals surface area contributed by atoms with Crippen molar-refractivity contribution in [3.63, 3.8) is 0 Å². The van der Waals surface area contributed by atoms with E-state index in [9.17, 15) is 9.59 Å². The fourth-order valence-corrected chi connectivity index (χ4v) is 5.07. The Morgan fingerprint density at radius 3 is 2.56 bits per heavy atom. The van der Waals surface area contributed by atoms with Crippen LogP contribution in [0.5, 0.6) is 0 Å². The summed E-state index contributed by atoms with van der Waals surface area (Å²) in [6.07, 6.45) is 5.63. The van der Waals surface area contributed by atoms with Crippen molar-refractivity contribution >= 4 is 12.0 Å². The fraction of sp³-hybridized carbons (Fsp3) is 0.833. The molecule has 2 aliphatic heterocycles. The number of epoxide rings is 2. The summed E-state index contributed by atoms with van der Waals surface area (Å²) in [6.45, 7) is 9.96. The van der Waals surface area contributed by atoms with Crippen LogP contribution < -0.4 is 10.6 Å². The molecule has 0 aromatic rings. The third-order valence-corrected chi connectivity index (χ3v) is 6.92. The van der Waals surface area contributed by atoms with Gasteiger partial charge in [0, 0.05) is 26.6 Å². The van der Waals surface area contributed by atoms with E-state index in [1.54, 1.807) is 7.11 Å². The van der Waals surface area contributed by atoms with Gasteiger partial charge < -0.3 is 29.6 Å². The summed E-state index contributed by atoms with van der Waals surface area (Å²) in [6, 6.07) is 0. The van der Waals surface area contributed by atoms with Crippen LogP contribution >= 0.6 is 0 Å². The van der Waals surface area contributed by atoms with E-state index < -0.39 is 6.09 Å². The van der Waals surface area contributed by atoms with Gasteiger partial charge in [0.1, 0.15) is 23.4 Å². The van der Waals surface area contributed by atoms with Crippen LogP contribution in [0.4, 0.5) is 4.79 Å². The highest BCUT2D eigenvalue weighted by atomic mass is 16.6. The molecule has 182 valence electrons. The fourth-order valence-electron chi connectivity index (χ4n) is 5.07. The second-order valence-electron chi connectivity index (χ2n) is 9.70. The zero-order chi connectivity index (χ0) is 23.4. The Hall–Kier alpha value is -1.64. The van der Waals surface area contributed by atoms with Gasteiger partial charge in [-0.3, -0.25) is 4.79 Å². The molecule has 2 amide bonds. The predicted molar refractivity (Wildman–Crippen MR) is 120 cm³/mol. The first-order valence-corrected chi connectivity index (χ1v) is 11.9. The number of allylic oxidation sites excluding steroid dienone is 1. The molecule has 3 aliphatic rings. The summed E-state index contributed by atoms with van der Waals surface area (Å²) >= 11 is 0. The Bertz CT molecular complexity index is 703. The number of rotatable bonds is 11. The van der Waals surface area contributed by atoms with Crippen LogP contribution in [0.15, 0.2) is 11.6 Å². The lowest BCUT2D eigenvalue weighted by molar-refractivity contribution is -0.121. The number of ether oxygens (including phenoxy) is 4. The molecule has 0 aromatic heterocycles. The van der Waals surface area contributed by atoms with Crippen LogP contribution in [0, 0.1) is 5.92 Å². The average Bonchev–Trinajstić information content (AvgIpc) is 3.65. The van der Waals surface area contributed by atoms with E-state index in [1.165, 1.54) is 5.57 Å². The highest BCUT2D eigenvalue weighted by molar-refractivity contribution is 5.75. The molecule has 3 rings (SSSR count). The van der Waals surface area contributed by atoms with E-state index in [4.69, 9.17) is 18.9 Å². The van der Waals surface area contributed by atoms with Gasteiger partial charge in [-0.05, 0) is 52.9 Å². The van der Waals surface area contributed by atoms with Gasteiger partial charge in [0.2, 0.25) is 5.91 Å². The van der Waals surface area contributed by atoms with E-state index in [1.807, 2.05) is 6.92 Å². The summed E-state index contributed by atoms with van der Waals surface area (Å²) in [5.74, 6) is 0.0528. The number of carbonyl (C=O) groups is 2. The largest absolute Gasteiger partial charge is 0.443 e. The summed E-state index contributed by atoms with van der Waals surface area (Å²) in [5.41, 5.74) is 0.690. The first-order valence-electron chi connectivity index (χ1n) is 11.9. The molecule has 0 bridgehead atoms. The maximum absolute atomic E-state index is 12.4. The Balaban J connectivity index is 1.51. The van der Waals surface area contributed by atoms with Crippen LogP contribution in [0.1, 0.15) is 66.2 Å². The first kappa shape index (κ1) is 25.0. The van der Waals surface area contributed by atoms with E-state index >= 15 is 0 Å². The van der Waals surface area contributed by atoms with Gasteiger partial charge in [-0.2, -0.15) is 0 Å². The molecule has 2 heterocycles. The molecular formula is C24H40N2O6. The van der Waals surface area contributed by atoms with E-state index in [0.717, 1.165) is 19.3 Å². The highest BCUT2D eigenvalue weighted by Gasteiger charge is 2.72. The molecule has 1 spiro atoms. The minimum Gasteiger partial charge on any atom is -0.443 e. The van der Waals surface area contributed by atoms with Gasteiger partial charge in [-0.15, -0.1) is 0 Å². The molecule has 8 nitrogen and oxygen atoms in total. The monoisotopic (exact) mass is 452 g/mol. The topological polar surface area (TPSA) is 102 Å². The van der Waals surface area contributed by atoms with Crippen LogP contribution in [0.2, 0.25) is 0 Å². The summed E-state index contributed by atoms with van der Waals surface area (Å²) in [5, 5.41) is 5.63. The van der Waals surface area contributed by atoms with Gasteiger partial charge in [0.25, 0.3) is 0 Å². The molecule has 32 heavy (non-hydrogen) atoms. The maximum atomic E-state index is 12.4. The molecule has 8 heteroatoms. The van der Waals surface area contributed by atoms with Crippen LogP contribution in [-0.2, 0) is 23.7 Å². The first-order chi connectivity index (χ1) is 15.3. The van der Waals surface area contributed by atoms with Crippen LogP contribution in [0.25, 0.3) is 0 Å². The van der Waals surface area contributed by atoms with Crippen LogP contribution in [-0.4, -0.2) is 68.3 Å². The second kappa shape index (κ2) is 10.5. The van der Waals surface area contributed by atoms with Crippen molar-refractivity contribution in [2.45, 2.75) is 95.7 Å². The zero-order valence-corrected chi connectivity index (χ0v) is 20.2. The molecule has 3 unspecified atom stereocenters. The summed E-state index contributed by atoms with van der Waals surface area (Å²) in [4.78, 5) is 23.9. The number of hydrogen-bond donors (Lipinski definition) is 2. The zero-order valence-electron chi connectivity index (χ0n) is 20.2. The molecule has 3 fully saturated rings. The number of hydrogen-bond acceptors (Lipinski definition) is 6. The van der Waals surface area contributed by atoms with E-state index in [0.29, 0.717) is 39.0 Å². The molecular weight excluding hydrogens is 412 g/mol. The summed E-state index contributed by atoms with van der Waals surface area (Å²) < 4.78 is 23.8. The highest BCUT2D eigenvalue weighted by Crippen LogP contribution is 2.59. The van der Waals surface area contributed by atoms with Crippen molar-refractivity contribution in [1.82, 2.24) is 10.6 Å². The molecule has 1 aliphatic carbocycles. The van der Waals surface area contributed by atoms with Crippen molar-refractivity contribution < 1.29 is 28.5 Å². The Morgan fingerprint density at radius 1 is 1.22 bits per heavy atom. The quantitative estimate of drug-likeness (QED) is 0.284. The predicted octanol–water partition coefficient (Wildman–Crippen LogP) is 3.10. The third-order valence-electron chi connectivity index (χ3n) is 6.92.